The van der Waals surface area contributed by atoms with Gasteiger partial charge in [0, 0.05) is 69.8 Å². The molecule has 0 unspecified atom stereocenters. The lowest BCUT2D eigenvalue weighted by Gasteiger charge is -2.11. The van der Waals surface area contributed by atoms with Crippen molar-refractivity contribution >= 4 is 75.1 Å². The molecule has 6 heteroatoms. The molecule has 0 aliphatic heterocycles. The largest absolute Gasteiger partial charge is 0.309 e. The molecule has 0 saturated carbocycles. The van der Waals surface area contributed by atoms with E-state index in [1.807, 2.05) is 29.5 Å². The molecule has 0 spiro atoms. The zero-order valence-electron chi connectivity index (χ0n) is 33.9. The smallest absolute Gasteiger partial charge is 0.164 e. The van der Waals surface area contributed by atoms with Gasteiger partial charge in [-0.05, 0) is 65.7 Å². The number of hydrogen-bond acceptors (Lipinski definition) is 4. The Morgan fingerprint density at radius 3 is 1.52 bits per heavy atom. The highest BCUT2D eigenvalue weighted by Gasteiger charge is 2.20. The number of aromatic nitrogens is 5. The first kappa shape index (κ1) is 35.6. The maximum Gasteiger partial charge on any atom is 0.164 e. The molecule has 0 bridgehead atoms. The van der Waals surface area contributed by atoms with Crippen LogP contribution in [0.4, 0.5) is 0 Å². The molecule has 4 aromatic heterocycles. The lowest BCUT2D eigenvalue weighted by molar-refractivity contribution is 1.08. The molecule has 0 aliphatic carbocycles. The topological polar surface area (TPSA) is 48.5 Å². The van der Waals surface area contributed by atoms with Gasteiger partial charge in [-0.25, -0.2) is 15.0 Å². The van der Waals surface area contributed by atoms with E-state index in [9.17, 15) is 0 Å². The third kappa shape index (κ3) is 5.73. The highest BCUT2D eigenvalue weighted by atomic mass is 32.1. The van der Waals surface area contributed by atoms with Crippen molar-refractivity contribution in [2.24, 2.45) is 0 Å². The van der Waals surface area contributed by atoms with Gasteiger partial charge in [0.15, 0.2) is 17.5 Å². The zero-order valence-corrected chi connectivity index (χ0v) is 34.7. The lowest BCUT2D eigenvalue weighted by atomic mass is 10.0. The average molecular weight is 822 g/mol. The highest BCUT2D eigenvalue weighted by Crippen LogP contribution is 2.43. The molecule has 0 N–H and O–H groups in total. The van der Waals surface area contributed by atoms with Gasteiger partial charge in [0.1, 0.15) is 0 Å². The van der Waals surface area contributed by atoms with Gasteiger partial charge in [0.25, 0.3) is 0 Å². The Morgan fingerprint density at radius 2 is 0.825 bits per heavy atom. The van der Waals surface area contributed by atoms with Crippen molar-refractivity contribution < 1.29 is 0 Å². The predicted molar refractivity (Wildman–Crippen MR) is 263 cm³/mol. The first-order chi connectivity index (χ1) is 31.2. The van der Waals surface area contributed by atoms with Crippen LogP contribution in [0.25, 0.3) is 120 Å². The average Bonchev–Trinajstić information content (AvgIpc) is 4.01. The lowest BCUT2D eigenvalue weighted by Crippen LogP contribution is -2.00. The van der Waals surface area contributed by atoms with Crippen molar-refractivity contribution in [3.05, 3.63) is 212 Å². The van der Waals surface area contributed by atoms with Crippen LogP contribution in [0.15, 0.2) is 212 Å². The van der Waals surface area contributed by atoms with Crippen molar-refractivity contribution in [3.63, 3.8) is 0 Å². The number of nitrogens with zero attached hydrogens (tertiary/aromatic N) is 5. The minimum absolute atomic E-state index is 0.630. The van der Waals surface area contributed by atoms with Crippen LogP contribution in [0.2, 0.25) is 0 Å². The summed E-state index contributed by atoms with van der Waals surface area (Å²) in [6.07, 6.45) is 0. The van der Waals surface area contributed by atoms with Crippen LogP contribution < -0.4 is 0 Å². The molecule has 13 rings (SSSR count). The van der Waals surface area contributed by atoms with Crippen LogP contribution in [0.3, 0.4) is 0 Å². The Bertz CT molecular complexity index is 3900. The number of hydrogen-bond donors (Lipinski definition) is 0. The van der Waals surface area contributed by atoms with Crippen LogP contribution in [0.5, 0.6) is 0 Å². The second-order valence-corrected chi connectivity index (χ2v) is 17.1. The van der Waals surface area contributed by atoms with Crippen LogP contribution in [-0.4, -0.2) is 24.1 Å². The summed E-state index contributed by atoms with van der Waals surface area (Å²) in [5.74, 6) is 1.91. The van der Waals surface area contributed by atoms with Crippen molar-refractivity contribution in [2.75, 3.05) is 0 Å². The molecule has 5 nitrogen and oxygen atoms in total. The number of thiophene rings is 1. The minimum Gasteiger partial charge on any atom is -0.309 e. The second-order valence-electron chi connectivity index (χ2n) is 16.0. The summed E-state index contributed by atoms with van der Waals surface area (Å²) in [4.78, 5) is 15.7. The van der Waals surface area contributed by atoms with E-state index >= 15 is 0 Å². The van der Waals surface area contributed by atoms with E-state index in [1.165, 1.54) is 58.5 Å². The van der Waals surface area contributed by atoms with Gasteiger partial charge in [-0.2, -0.15) is 0 Å². The first-order valence-corrected chi connectivity index (χ1v) is 22.0. The maximum absolute atomic E-state index is 5.33. The molecule has 13 aromatic rings. The van der Waals surface area contributed by atoms with E-state index in [0.29, 0.717) is 17.5 Å². The van der Waals surface area contributed by atoms with E-state index < -0.39 is 0 Å². The number of para-hydroxylation sites is 3. The molecule has 0 radical (unpaired) electrons. The van der Waals surface area contributed by atoms with E-state index in [-0.39, 0.29) is 0 Å². The fourth-order valence-corrected chi connectivity index (χ4v) is 10.7. The van der Waals surface area contributed by atoms with Gasteiger partial charge in [-0.15, -0.1) is 11.3 Å². The Hall–Kier alpha value is -8.19. The molecule has 0 amide bonds. The van der Waals surface area contributed by atoms with Gasteiger partial charge < -0.3 is 9.13 Å². The molecule has 63 heavy (non-hydrogen) atoms. The van der Waals surface area contributed by atoms with Crippen LogP contribution in [0, 0.1) is 0 Å². The molecular formula is C57H35N5S. The summed E-state index contributed by atoms with van der Waals surface area (Å²) in [5.41, 5.74) is 12.1. The molecule has 9 aromatic carbocycles. The fourth-order valence-electron chi connectivity index (χ4n) is 9.51. The monoisotopic (exact) mass is 821 g/mol. The maximum atomic E-state index is 5.33. The Labute approximate surface area is 366 Å². The van der Waals surface area contributed by atoms with Crippen LogP contribution >= 0.6 is 11.3 Å². The van der Waals surface area contributed by atoms with Crippen LogP contribution in [-0.2, 0) is 0 Å². The summed E-state index contributed by atoms with van der Waals surface area (Å²) in [7, 11) is 0. The van der Waals surface area contributed by atoms with Crippen molar-refractivity contribution in [1.82, 2.24) is 24.1 Å². The van der Waals surface area contributed by atoms with E-state index in [0.717, 1.165) is 44.5 Å². The Balaban J connectivity index is 0.994. The summed E-state index contributed by atoms with van der Waals surface area (Å²) in [6, 6.07) is 75.6. The number of rotatable bonds is 6. The standard InChI is InChI=1S/C57H35N5S/c1-4-15-36(16-5-1)38-27-30-44-43-22-11-13-25-49(43)62(50(44)33-38)41-29-32-46-53(35-41)63-52-26-14-23-47(54(46)52)57-59-55(37-17-6-2-7-18-37)58-56(60-57)39-28-31-45-42-21-10-12-24-48(42)61(51(45)34-39)40-19-8-3-9-20-40/h1-35H. The number of fused-ring (bicyclic) bond motifs is 9. The van der Waals surface area contributed by atoms with E-state index in [1.54, 1.807) is 0 Å². The second kappa shape index (κ2) is 14.2. The van der Waals surface area contributed by atoms with Crippen LogP contribution in [0.1, 0.15) is 0 Å². The Morgan fingerprint density at radius 1 is 0.302 bits per heavy atom. The van der Waals surface area contributed by atoms with Gasteiger partial charge in [0.05, 0.1) is 22.1 Å². The molecule has 0 aliphatic rings. The van der Waals surface area contributed by atoms with E-state index in [4.69, 9.17) is 15.0 Å². The fraction of sp³-hybridized carbons (Fsp3) is 0. The normalized spacial score (nSPS) is 11.8. The predicted octanol–water partition coefficient (Wildman–Crippen LogP) is 15.1. The molecule has 294 valence electrons. The Kier molecular flexibility index (Phi) is 8.01. The van der Waals surface area contributed by atoms with Gasteiger partial charge in [-0.3, -0.25) is 0 Å². The quantitative estimate of drug-likeness (QED) is 0.168. The highest BCUT2D eigenvalue weighted by molar-refractivity contribution is 7.26. The summed E-state index contributed by atoms with van der Waals surface area (Å²) in [5, 5.41) is 7.20. The SMILES string of the molecule is c1ccc(-c2ccc3c4ccccc4n(-c4ccc5c(c4)sc4cccc(-c6nc(-c7ccccc7)nc(-c7ccc8c9ccccc9n(-c9ccccc9)c8c7)n6)c45)c3c2)cc1. The first-order valence-electron chi connectivity index (χ1n) is 21.2. The molecule has 4 heterocycles. The van der Waals surface area contributed by atoms with Gasteiger partial charge in [0.2, 0.25) is 0 Å². The number of benzene rings is 9. The zero-order chi connectivity index (χ0) is 41.4. The third-order valence-corrected chi connectivity index (χ3v) is 13.5. The third-order valence-electron chi connectivity index (χ3n) is 12.4. The summed E-state index contributed by atoms with van der Waals surface area (Å²) >= 11 is 1.81. The van der Waals surface area contributed by atoms with Crippen molar-refractivity contribution in [3.8, 4) is 56.7 Å². The van der Waals surface area contributed by atoms with E-state index in [2.05, 4.69) is 203 Å². The summed E-state index contributed by atoms with van der Waals surface area (Å²) < 4.78 is 7.14. The van der Waals surface area contributed by atoms with Gasteiger partial charge >= 0.3 is 0 Å². The molecular weight excluding hydrogens is 787 g/mol. The van der Waals surface area contributed by atoms with Crippen molar-refractivity contribution in [1.29, 1.82) is 0 Å². The molecule has 0 fully saturated rings. The summed E-state index contributed by atoms with van der Waals surface area (Å²) in [6.45, 7) is 0. The van der Waals surface area contributed by atoms with Gasteiger partial charge in [-0.1, -0.05) is 158 Å². The minimum atomic E-state index is 0.630. The van der Waals surface area contributed by atoms with Crippen molar-refractivity contribution in [2.45, 2.75) is 0 Å². The molecule has 0 atom stereocenters. The molecule has 0 saturated heterocycles.